The van der Waals surface area contributed by atoms with E-state index in [1.165, 1.54) is 6.33 Å². The van der Waals surface area contributed by atoms with Crippen LogP contribution in [0.1, 0.15) is 32.6 Å². The lowest BCUT2D eigenvalue weighted by Gasteiger charge is -2.19. The number of hydrogen-bond donors (Lipinski definition) is 3. The molecule has 0 saturated heterocycles. The Morgan fingerprint density at radius 3 is 2.96 bits per heavy atom. The Balaban J connectivity index is 1.95. The smallest absolute Gasteiger partial charge is 0.243 e. The number of nitrogens with one attached hydrogen (secondary N) is 2. The molecule has 0 saturated carbocycles. The zero-order chi connectivity index (χ0) is 18.8. The molecule has 2 heterocycles. The van der Waals surface area contributed by atoms with Gasteiger partial charge in [-0.1, -0.05) is 26.2 Å². The molecule has 0 aliphatic rings. The van der Waals surface area contributed by atoms with Gasteiger partial charge in [0.15, 0.2) is 0 Å². The van der Waals surface area contributed by atoms with Crippen molar-refractivity contribution in [2.45, 2.75) is 32.6 Å². The van der Waals surface area contributed by atoms with E-state index in [1.807, 2.05) is 0 Å². The van der Waals surface area contributed by atoms with E-state index in [9.17, 15) is 14.8 Å². The second kappa shape index (κ2) is 10.1. The molecule has 0 aromatic carbocycles. The first kappa shape index (κ1) is 19.3. The molecule has 2 rings (SSSR count). The van der Waals surface area contributed by atoms with Gasteiger partial charge < -0.3 is 0 Å². The Morgan fingerprint density at radius 2 is 2.27 bits per heavy atom. The van der Waals surface area contributed by atoms with E-state index < -0.39 is 5.92 Å². The molecule has 0 aliphatic carbocycles. The van der Waals surface area contributed by atoms with Gasteiger partial charge in [-0.2, -0.15) is 0 Å². The van der Waals surface area contributed by atoms with Crippen molar-refractivity contribution < 1.29 is 14.8 Å². The molecule has 0 aliphatic heterocycles. The molecular weight excluding hydrogens is 338 g/mol. The van der Waals surface area contributed by atoms with Gasteiger partial charge in [0.05, 0.1) is 12.5 Å². The lowest BCUT2D eigenvalue weighted by atomic mass is 10.0. The number of carbonyl (C=O) groups excluding carboxylic acids is 2. The van der Waals surface area contributed by atoms with Crippen molar-refractivity contribution in [3.05, 3.63) is 31.1 Å². The average molecular weight is 361 g/mol. The molecular formula is C16H23N7O3. The van der Waals surface area contributed by atoms with Gasteiger partial charge in [-0.25, -0.2) is 20.0 Å². The lowest BCUT2D eigenvalue weighted by Crippen LogP contribution is -2.40. The topological polar surface area (TPSA) is 125 Å². The molecule has 3 N–H and O–H groups in total. The second-order valence-corrected chi connectivity index (χ2v) is 5.77. The fraction of sp³-hybridized carbons (Fsp3) is 0.438. The predicted molar refractivity (Wildman–Crippen MR) is 93.1 cm³/mol. The highest BCUT2D eigenvalue weighted by atomic mass is 16.5. The number of unbranched alkanes of at least 4 members (excludes halogenated alkanes) is 2. The van der Waals surface area contributed by atoms with Crippen LogP contribution >= 0.6 is 0 Å². The minimum atomic E-state index is -0.529. The van der Waals surface area contributed by atoms with Crippen LogP contribution in [0.25, 0.3) is 5.82 Å². The Bertz CT molecular complexity index is 693. The molecule has 2 amide bonds. The van der Waals surface area contributed by atoms with Gasteiger partial charge in [-0.05, 0) is 6.42 Å². The number of hydroxylamine groups is 2. The first-order valence-electron chi connectivity index (χ1n) is 8.41. The lowest BCUT2D eigenvalue weighted by molar-refractivity contribution is -0.154. The van der Waals surface area contributed by atoms with Crippen molar-refractivity contribution in [3.8, 4) is 5.82 Å². The number of hydrazine groups is 1. The van der Waals surface area contributed by atoms with Crippen LogP contribution in [0, 0.1) is 5.92 Å². The Morgan fingerprint density at radius 1 is 1.42 bits per heavy atom. The highest BCUT2D eigenvalue weighted by molar-refractivity contribution is 5.80. The minimum absolute atomic E-state index is 0.0647. The number of hydrogen-bond acceptors (Lipinski definition) is 7. The molecule has 10 heteroatoms. The zero-order valence-electron chi connectivity index (χ0n) is 14.6. The third kappa shape index (κ3) is 5.81. The summed E-state index contributed by atoms with van der Waals surface area (Å²) in [7, 11) is 0. The highest BCUT2D eigenvalue weighted by Gasteiger charge is 2.20. The van der Waals surface area contributed by atoms with Crippen LogP contribution < -0.4 is 10.9 Å². The van der Waals surface area contributed by atoms with Gasteiger partial charge >= 0.3 is 0 Å². The number of amides is 2. The number of aromatic nitrogens is 4. The molecule has 0 fully saturated rings. The molecule has 1 atom stereocenters. The Kier molecular flexibility index (Phi) is 7.49. The van der Waals surface area contributed by atoms with Gasteiger partial charge in [0.25, 0.3) is 0 Å². The maximum absolute atomic E-state index is 12.4. The van der Waals surface area contributed by atoms with Crippen LogP contribution in [-0.2, 0) is 9.59 Å². The SMILES string of the molecule is CCCCCC(CN(O)C=O)C(=O)NNc1cc(-n2ccnc2)ncn1. The summed E-state index contributed by atoms with van der Waals surface area (Å²) in [6, 6.07) is 1.65. The molecule has 2 aromatic heterocycles. The number of rotatable bonds is 11. The van der Waals surface area contributed by atoms with Crippen LogP contribution in [0.15, 0.2) is 31.1 Å². The van der Waals surface area contributed by atoms with Gasteiger partial charge in [0.1, 0.15) is 24.3 Å². The molecule has 140 valence electrons. The van der Waals surface area contributed by atoms with Crippen LogP contribution in [0.4, 0.5) is 5.82 Å². The fourth-order valence-corrected chi connectivity index (χ4v) is 2.39. The van der Waals surface area contributed by atoms with E-state index >= 15 is 0 Å². The first-order valence-corrected chi connectivity index (χ1v) is 8.41. The van der Waals surface area contributed by atoms with Crippen LogP contribution in [-0.4, -0.2) is 48.7 Å². The standard InChI is InChI=1S/C16H23N7O3/c1-2-3-4-5-13(9-23(26)12-24)16(25)21-20-14-8-15(19-10-18-14)22-7-6-17-11-22/h6-8,10-13,26H,2-5,9H2,1H3,(H,21,25)(H,18,19,20). The maximum atomic E-state index is 12.4. The largest absolute Gasteiger partial charge is 0.290 e. The van der Waals surface area contributed by atoms with Crippen LogP contribution in [0.2, 0.25) is 0 Å². The highest BCUT2D eigenvalue weighted by Crippen LogP contribution is 2.12. The summed E-state index contributed by atoms with van der Waals surface area (Å²) in [5, 5.41) is 9.88. The summed E-state index contributed by atoms with van der Waals surface area (Å²) in [5.41, 5.74) is 5.31. The van der Waals surface area contributed by atoms with Gasteiger partial charge in [0.2, 0.25) is 12.3 Å². The Hall–Kier alpha value is -3.01. The molecule has 2 aromatic rings. The summed E-state index contributed by atoms with van der Waals surface area (Å²) in [4.78, 5) is 35.1. The quantitative estimate of drug-likeness (QED) is 0.237. The fourth-order valence-electron chi connectivity index (χ4n) is 2.39. The number of anilines is 1. The van der Waals surface area contributed by atoms with Crippen molar-refractivity contribution in [2.75, 3.05) is 12.0 Å². The third-order valence-corrected chi connectivity index (χ3v) is 3.79. The van der Waals surface area contributed by atoms with E-state index in [1.54, 1.807) is 29.4 Å². The van der Waals surface area contributed by atoms with Crippen LogP contribution in [0.3, 0.4) is 0 Å². The first-order chi connectivity index (χ1) is 12.6. The Labute approximate surface area is 151 Å². The molecule has 0 spiro atoms. The van der Waals surface area contributed by atoms with Gasteiger partial charge in [-0.3, -0.25) is 30.2 Å². The van der Waals surface area contributed by atoms with Crippen molar-refractivity contribution in [2.24, 2.45) is 5.92 Å². The van der Waals surface area contributed by atoms with Gasteiger partial charge in [0, 0.05) is 18.5 Å². The summed E-state index contributed by atoms with van der Waals surface area (Å²) in [6.45, 7) is 2.00. The number of carbonyl (C=O) groups is 2. The number of nitrogens with zero attached hydrogens (tertiary/aromatic N) is 5. The summed E-state index contributed by atoms with van der Waals surface area (Å²) in [5.74, 6) is 0.140. The average Bonchev–Trinajstić information content (AvgIpc) is 3.20. The van der Waals surface area contributed by atoms with Crippen molar-refractivity contribution in [1.82, 2.24) is 30.0 Å². The number of imidazole rings is 1. The summed E-state index contributed by atoms with van der Waals surface area (Å²) in [6.07, 6.45) is 10.0. The normalized spacial score (nSPS) is 11.6. The monoisotopic (exact) mass is 361 g/mol. The van der Waals surface area contributed by atoms with E-state index in [-0.39, 0.29) is 18.9 Å². The van der Waals surface area contributed by atoms with Gasteiger partial charge in [-0.15, -0.1) is 0 Å². The predicted octanol–water partition coefficient (Wildman–Crippen LogP) is 1.15. The van der Waals surface area contributed by atoms with Crippen molar-refractivity contribution >= 4 is 18.1 Å². The van der Waals surface area contributed by atoms with E-state index in [0.29, 0.717) is 23.1 Å². The van der Waals surface area contributed by atoms with E-state index in [0.717, 1.165) is 19.3 Å². The summed E-state index contributed by atoms with van der Waals surface area (Å²) < 4.78 is 1.70. The third-order valence-electron chi connectivity index (χ3n) is 3.79. The van der Waals surface area contributed by atoms with Crippen molar-refractivity contribution in [1.29, 1.82) is 0 Å². The molecule has 0 radical (unpaired) electrons. The second-order valence-electron chi connectivity index (χ2n) is 5.77. The summed E-state index contributed by atoms with van der Waals surface area (Å²) >= 11 is 0. The molecule has 10 nitrogen and oxygen atoms in total. The molecule has 0 bridgehead atoms. The van der Waals surface area contributed by atoms with Crippen LogP contribution in [0.5, 0.6) is 0 Å². The molecule has 1 unspecified atom stereocenters. The maximum Gasteiger partial charge on any atom is 0.243 e. The minimum Gasteiger partial charge on any atom is -0.290 e. The molecule has 26 heavy (non-hydrogen) atoms. The van der Waals surface area contributed by atoms with E-state index in [2.05, 4.69) is 32.7 Å². The zero-order valence-corrected chi connectivity index (χ0v) is 14.6. The van der Waals surface area contributed by atoms with Crippen molar-refractivity contribution in [3.63, 3.8) is 0 Å². The van der Waals surface area contributed by atoms with E-state index in [4.69, 9.17) is 0 Å².